The maximum Gasteiger partial charge on any atom is 0.255 e. The first-order chi connectivity index (χ1) is 15.6. The van der Waals surface area contributed by atoms with Gasteiger partial charge in [-0.25, -0.2) is 17.7 Å². The van der Waals surface area contributed by atoms with Crippen molar-refractivity contribution in [3.63, 3.8) is 0 Å². The summed E-state index contributed by atoms with van der Waals surface area (Å²) in [6.45, 7) is 2.18. The topological polar surface area (TPSA) is 89.0 Å². The van der Waals surface area contributed by atoms with Crippen LogP contribution < -0.4 is 4.31 Å². The minimum atomic E-state index is -3.60. The molecule has 1 aromatic heterocycles. The lowest BCUT2D eigenvalue weighted by Gasteiger charge is -2.23. The molecular weight excluding hydrogens is 469 g/mol. The maximum absolute atomic E-state index is 13.8. The Morgan fingerprint density at radius 2 is 2.06 bits per heavy atom. The van der Waals surface area contributed by atoms with E-state index in [0.717, 1.165) is 18.3 Å². The summed E-state index contributed by atoms with van der Waals surface area (Å²) in [4.78, 5) is 24.6. The van der Waals surface area contributed by atoms with Gasteiger partial charge in [0.2, 0.25) is 10.0 Å². The standard InChI is InChI=1S/C22H22FN3O5S2/c1-13-19-17(21(25(2)33(4,28)29)16-6-5-9-24-20(13)16)12-26(22(19)27)11-14-7-8-15(23)10-18(14)32-31-30-3/h5-10H,11-12H2,1-4H3. The number of benzene rings is 2. The molecule has 8 nitrogen and oxygen atoms in total. The van der Waals surface area contributed by atoms with Crippen LogP contribution in [0.3, 0.4) is 0 Å². The average molecular weight is 492 g/mol. The molecule has 0 bridgehead atoms. The third-order valence-corrected chi connectivity index (χ3v) is 7.57. The number of hydrogen-bond donors (Lipinski definition) is 0. The van der Waals surface area contributed by atoms with Crippen molar-refractivity contribution in [2.75, 3.05) is 24.7 Å². The number of rotatable bonds is 7. The maximum atomic E-state index is 13.8. The number of aryl methyl sites for hydroxylation is 1. The minimum Gasteiger partial charge on any atom is -0.330 e. The van der Waals surface area contributed by atoms with Gasteiger partial charge >= 0.3 is 0 Å². The van der Waals surface area contributed by atoms with E-state index < -0.39 is 15.8 Å². The second kappa shape index (κ2) is 8.90. The predicted octanol–water partition coefficient (Wildman–Crippen LogP) is 3.82. The average Bonchev–Trinajstić information content (AvgIpc) is 3.09. The fraction of sp³-hybridized carbons (Fsp3) is 0.273. The zero-order valence-corrected chi connectivity index (χ0v) is 20.1. The molecule has 11 heteroatoms. The van der Waals surface area contributed by atoms with Crippen LogP contribution in [-0.4, -0.2) is 44.6 Å². The van der Waals surface area contributed by atoms with E-state index in [1.54, 1.807) is 29.3 Å². The summed E-state index contributed by atoms with van der Waals surface area (Å²) in [7, 11) is -0.787. The molecule has 0 aliphatic carbocycles. The van der Waals surface area contributed by atoms with Crippen molar-refractivity contribution < 1.29 is 26.8 Å². The molecule has 0 unspecified atom stereocenters. The van der Waals surface area contributed by atoms with Crippen molar-refractivity contribution in [3.8, 4) is 0 Å². The molecule has 2 aromatic carbocycles. The second-order valence-corrected chi connectivity index (χ2v) is 10.4. The Bertz CT molecular complexity index is 1360. The number of aromatic nitrogens is 1. The lowest BCUT2D eigenvalue weighted by atomic mass is 9.97. The van der Waals surface area contributed by atoms with E-state index in [0.29, 0.717) is 43.7 Å². The molecule has 0 radical (unpaired) electrons. The Labute approximate surface area is 195 Å². The molecule has 0 N–H and O–H groups in total. The molecule has 0 saturated heterocycles. The van der Waals surface area contributed by atoms with E-state index in [-0.39, 0.29) is 19.0 Å². The molecule has 1 amide bonds. The van der Waals surface area contributed by atoms with Gasteiger partial charge in [-0.05, 0) is 42.3 Å². The molecule has 4 rings (SSSR count). The molecule has 0 spiro atoms. The van der Waals surface area contributed by atoms with Gasteiger partial charge in [0.15, 0.2) is 0 Å². The smallest absolute Gasteiger partial charge is 0.255 e. The van der Waals surface area contributed by atoms with E-state index >= 15 is 0 Å². The monoisotopic (exact) mass is 491 g/mol. The van der Waals surface area contributed by atoms with Gasteiger partial charge in [-0.1, -0.05) is 6.07 Å². The lowest BCUT2D eigenvalue weighted by Crippen LogP contribution is -2.26. The number of amides is 1. The molecule has 0 atom stereocenters. The predicted molar refractivity (Wildman–Crippen MR) is 124 cm³/mol. The van der Waals surface area contributed by atoms with Crippen molar-refractivity contribution in [2.45, 2.75) is 24.9 Å². The number of pyridine rings is 1. The number of carbonyl (C=O) groups excluding carboxylic acids is 1. The van der Waals surface area contributed by atoms with Gasteiger partial charge < -0.3 is 4.90 Å². The first-order valence-electron chi connectivity index (χ1n) is 9.92. The summed E-state index contributed by atoms with van der Waals surface area (Å²) in [5.41, 5.74) is 3.43. The van der Waals surface area contributed by atoms with Crippen LogP contribution in [0.1, 0.15) is 27.0 Å². The molecule has 3 aromatic rings. The van der Waals surface area contributed by atoms with Gasteiger partial charge in [0.1, 0.15) is 5.82 Å². The Kier molecular flexibility index (Phi) is 6.32. The van der Waals surface area contributed by atoms with Crippen molar-refractivity contribution in [3.05, 3.63) is 64.6 Å². The van der Waals surface area contributed by atoms with Crippen LogP contribution in [0.5, 0.6) is 0 Å². The van der Waals surface area contributed by atoms with E-state index in [1.807, 2.05) is 6.92 Å². The van der Waals surface area contributed by atoms with E-state index in [1.165, 1.54) is 30.6 Å². The van der Waals surface area contributed by atoms with Crippen molar-refractivity contribution >= 4 is 44.6 Å². The first-order valence-corrected chi connectivity index (χ1v) is 12.5. The third kappa shape index (κ3) is 4.29. The minimum absolute atomic E-state index is 0.175. The summed E-state index contributed by atoms with van der Waals surface area (Å²) in [5, 5.41) is 0.655. The summed E-state index contributed by atoms with van der Waals surface area (Å²) in [6, 6.07) is 7.74. The number of anilines is 1. The quantitative estimate of drug-likeness (QED) is 0.282. The zero-order valence-electron chi connectivity index (χ0n) is 18.5. The SMILES string of the molecule is COOSc1cc(F)ccc1CN1Cc2c(c(C)c3ncccc3c2N(C)S(C)(=O)=O)C1=O. The zero-order chi connectivity index (χ0) is 23.9. The van der Waals surface area contributed by atoms with Gasteiger partial charge in [-0.15, -0.1) is 0 Å². The van der Waals surface area contributed by atoms with Crippen LogP contribution in [0.15, 0.2) is 41.4 Å². The Balaban J connectivity index is 1.82. The molecule has 33 heavy (non-hydrogen) atoms. The highest BCUT2D eigenvalue weighted by atomic mass is 32.2. The van der Waals surface area contributed by atoms with E-state index in [2.05, 4.69) is 9.87 Å². The number of nitrogens with zero attached hydrogens (tertiary/aromatic N) is 3. The van der Waals surface area contributed by atoms with Gasteiger partial charge in [-0.2, -0.15) is 4.33 Å². The number of sulfonamides is 1. The summed E-state index contributed by atoms with van der Waals surface area (Å²) < 4.78 is 44.7. The third-order valence-electron chi connectivity index (χ3n) is 5.63. The highest BCUT2D eigenvalue weighted by Gasteiger charge is 2.36. The Morgan fingerprint density at radius 1 is 1.30 bits per heavy atom. The number of carbonyl (C=O) groups is 1. The lowest BCUT2D eigenvalue weighted by molar-refractivity contribution is -0.160. The van der Waals surface area contributed by atoms with Crippen LogP contribution in [0.25, 0.3) is 10.9 Å². The molecular formula is C22H22FN3O5S2. The van der Waals surface area contributed by atoms with Crippen LogP contribution in [-0.2, 0) is 32.3 Å². The van der Waals surface area contributed by atoms with Crippen molar-refractivity contribution in [2.24, 2.45) is 0 Å². The highest BCUT2D eigenvalue weighted by molar-refractivity contribution is 7.94. The molecule has 1 aliphatic rings. The first kappa shape index (κ1) is 23.4. The van der Waals surface area contributed by atoms with Crippen LogP contribution in [0.2, 0.25) is 0 Å². The van der Waals surface area contributed by atoms with Gasteiger partial charge in [0.25, 0.3) is 5.91 Å². The highest BCUT2D eigenvalue weighted by Crippen LogP contribution is 2.41. The fourth-order valence-corrected chi connectivity index (χ4v) is 5.13. The molecule has 1 aliphatic heterocycles. The number of halogens is 1. The number of fused-ring (bicyclic) bond motifs is 2. The Hall–Kier alpha value is -2.73. The molecule has 2 heterocycles. The van der Waals surface area contributed by atoms with E-state index in [9.17, 15) is 17.6 Å². The number of hydrogen-bond acceptors (Lipinski definition) is 7. The molecule has 174 valence electrons. The molecule has 0 saturated carbocycles. The van der Waals surface area contributed by atoms with Crippen molar-refractivity contribution in [1.29, 1.82) is 0 Å². The van der Waals surface area contributed by atoms with Crippen molar-refractivity contribution in [1.82, 2.24) is 9.88 Å². The summed E-state index contributed by atoms with van der Waals surface area (Å²) in [5.74, 6) is -0.687. The van der Waals surface area contributed by atoms with Gasteiger partial charge in [-0.3, -0.25) is 14.1 Å². The van der Waals surface area contributed by atoms with Crippen LogP contribution >= 0.6 is 12.0 Å². The van der Waals surface area contributed by atoms with Crippen LogP contribution in [0, 0.1) is 12.7 Å². The fourth-order valence-electron chi connectivity index (χ4n) is 4.05. The van der Waals surface area contributed by atoms with Gasteiger partial charge in [0, 0.05) is 42.2 Å². The normalized spacial score (nSPS) is 13.6. The van der Waals surface area contributed by atoms with Crippen LogP contribution in [0.4, 0.5) is 10.1 Å². The summed E-state index contributed by atoms with van der Waals surface area (Å²) in [6.07, 6.45) is 2.73. The second-order valence-electron chi connectivity index (χ2n) is 7.69. The Morgan fingerprint density at radius 3 is 2.76 bits per heavy atom. The summed E-state index contributed by atoms with van der Waals surface area (Å²) >= 11 is 0.849. The molecule has 0 fully saturated rings. The largest absolute Gasteiger partial charge is 0.330 e. The van der Waals surface area contributed by atoms with E-state index in [4.69, 9.17) is 4.33 Å². The van der Waals surface area contributed by atoms with Gasteiger partial charge in [0.05, 0.1) is 42.2 Å².